The van der Waals surface area contributed by atoms with Gasteiger partial charge in [0.25, 0.3) is 0 Å². The molecule has 1 fully saturated rings. The van der Waals surface area contributed by atoms with E-state index in [4.69, 9.17) is 10.5 Å². The van der Waals surface area contributed by atoms with Crippen LogP contribution in [0.15, 0.2) is 12.1 Å². The van der Waals surface area contributed by atoms with Gasteiger partial charge in [-0.2, -0.15) is 0 Å². The fraction of sp³-hybridized carbons (Fsp3) is 0.600. The van der Waals surface area contributed by atoms with Crippen molar-refractivity contribution in [2.24, 2.45) is 0 Å². The number of likely N-dealkylation sites (tertiary alicyclic amines) is 1. The van der Waals surface area contributed by atoms with Gasteiger partial charge in [0.1, 0.15) is 5.75 Å². The molecule has 0 unspecified atom stereocenters. The number of hydrogen-bond acceptors (Lipinski definition) is 4. The van der Waals surface area contributed by atoms with Crippen molar-refractivity contribution in [3.8, 4) is 5.75 Å². The molecule has 2 heterocycles. The van der Waals surface area contributed by atoms with Crippen molar-refractivity contribution >= 4 is 5.69 Å². The minimum absolute atomic E-state index is 0.718. The molecule has 104 valence electrons. The monoisotopic (exact) mass is 261 g/mol. The Kier molecular flexibility index (Phi) is 3.37. The van der Waals surface area contributed by atoms with Crippen LogP contribution >= 0.6 is 0 Å². The third-order valence-corrected chi connectivity index (χ3v) is 4.50. The summed E-state index contributed by atoms with van der Waals surface area (Å²) in [6.07, 6.45) is 2.55. The second kappa shape index (κ2) is 5.02. The van der Waals surface area contributed by atoms with Gasteiger partial charge in [-0.25, -0.2) is 0 Å². The molecule has 2 N–H and O–H groups in total. The summed E-state index contributed by atoms with van der Waals surface area (Å²) in [6, 6.07) is 4.92. The minimum atomic E-state index is 0.718. The summed E-state index contributed by atoms with van der Waals surface area (Å²) in [4.78, 5) is 5.01. The zero-order chi connectivity index (χ0) is 13.4. The van der Waals surface area contributed by atoms with Crippen LogP contribution < -0.4 is 10.5 Å². The number of rotatable bonds is 2. The van der Waals surface area contributed by atoms with Crippen LogP contribution in [0.25, 0.3) is 0 Å². The Labute approximate surface area is 115 Å². The number of nitrogens with zero attached hydrogens (tertiary/aromatic N) is 2. The molecule has 2 aliphatic rings. The number of hydrogen-bond donors (Lipinski definition) is 1. The molecule has 0 amide bonds. The Morgan fingerprint density at radius 3 is 2.42 bits per heavy atom. The Bertz CT molecular complexity index is 467. The lowest BCUT2D eigenvalue weighted by molar-refractivity contribution is 0.120. The van der Waals surface area contributed by atoms with Crippen molar-refractivity contribution in [2.75, 3.05) is 33.0 Å². The molecule has 0 atom stereocenters. The van der Waals surface area contributed by atoms with Crippen molar-refractivity contribution < 1.29 is 4.74 Å². The van der Waals surface area contributed by atoms with Crippen LogP contribution in [0.4, 0.5) is 5.69 Å². The summed E-state index contributed by atoms with van der Waals surface area (Å²) in [5.74, 6) is 0.809. The maximum atomic E-state index is 6.00. The Balaban J connectivity index is 1.73. The van der Waals surface area contributed by atoms with Crippen LogP contribution in [-0.4, -0.2) is 43.1 Å². The van der Waals surface area contributed by atoms with E-state index in [0.717, 1.165) is 30.6 Å². The molecular weight excluding hydrogens is 238 g/mol. The molecule has 1 saturated heterocycles. The fourth-order valence-corrected chi connectivity index (χ4v) is 3.27. The fourth-order valence-electron chi connectivity index (χ4n) is 3.27. The number of ether oxygens (including phenoxy) is 1. The second-order valence-electron chi connectivity index (χ2n) is 5.80. The van der Waals surface area contributed by atoms with Gasteiger partial charge in [0, 0.05) is 19.1 Å². The molecule has 1 aromatic rings. The zero-order valence-electron chi connectivity index (χ0n) is 11.9. The zero-order valence-corrected chi connectivity index (χ0v) is 11.9. The lowest BCUT2D eigenvalue weighted by Crippen LogP contribution is -2.41. The van der Waals surface area contributed by atoms with Gasteiger partial charge in [0.2, 0.25) is 0 Å². The number of fused-ring (bicyclic) bond motifs is 1. The van der Waals surface area contributed by atoms with Gasteiger partial charge in [0.05, 0.1) is 12.8 Å². The van der Waals surface area contributed by atoms with E-state index in [1.807, 2.05) is 0 Å². The summed E-state index contributed by atoms with van der Waals surface area (Å²) in [7, 11) is 3.89. The molecule has 0 bridgehead atoms. The molecule has 4 heteroatoms. The first-order valence-electron chi connectivity index (χ1n) is 7.05. The summed E-state index contributed by atoms with van der Waals surface area (Å²) in [5, 5.41) is 0. The standard InChI is InChI=1S/C15H23N3O/c1-17-5-3-13(4-6-17)18-9-11-7-14(16)15(19-2)8-12(11)10-18/h7-8,13H,3-6,9-10,16H2,1-2H3. The van der Waals surface area contributed by atoms with Crippen LogP contribution in [0.1, 0.15) is 24.0 Å². The number of nitrogens with two attached hydrogens (primary N) is 1. The number of anilines is 1. The van der Waals surface area contributed by atoms with Gasteiger partial charge in [-0.05, 0) is 56.2 Å². The van der Waals surface area contributed by atoms with E-state index in [2.05, 4.69) is 29.0 Å². The first-order chi connectivity index (χ1) is 9.17. The van der Waals surface area contributed by atoms with E-state index in [1.165, 1.54) is 37.1 Å². The highest BCUT2D eigenvalue weighted by atomic mass is 16.5. The molecule has 0 spiro atoms. The number of methoxy groups -OCH3 is 1. The SMILES string of the molecule is COc1cc2c(cc1N)CN(C1CCN(C)CC1)C2. The normalized spacial score (nSPS) is 21.6. The van der Waals surface area contributed by atoms with Crippen LogP contribution in [0.3, 0.4) is 0 Å². The van der Waals surface area contributed by atoms with E-state index in [1.54, 1.807) is 7.11 Å². The Morgan fingerprint density at radius 1 is 1.16 bits per heavy atom. The van der Waals surface area contributed by atoms with Crippen LogP contribution in [0.2, 0.25) is 0 Å². The molecule has 19 heavy (non-hydrogen) atoms. The van der Waals surface area contributed by atoms with Crippen LogP contribution in [-0.2, 0) is 13.1 Å². The van der Waals surface area contributed by atoms with Gasteiger partial charge < -0.3 is 15.4 Å². The van der Waals surface area contributed by atoms with Gasteiger partial charge in [-0.15, -0.1) is 0 Å². The highest BCUT2D eigenvalue weighted by Gasteiger charge is 2.28. The maximum absolute atomic E-state index is 6.00. The molecule has 1 aromatic carbocycles. The Hall–Kier alpha value is -1.26. The molecule has 0 aliphatic carbocycles. The maximum Gasteiger partial charge on any atom is 0.142 e. The van der Waals surface area contributed by atoms with Gasteiger partial charge in [0.15, 0.2) is 0 Å². The van der Waals surface area contributed by atoms with Crippen molar-refractivity contribution in [1.29, 1.82) is 0 Å². The summed E-state index contributed by atoms with van der Waals surface area (Å²) >= 11 is 0. The van der Waals surface area contributed by atoms with Crippen molar-refractivity contribution in [3.63, 3.8) is 0 Å². The average molecular weight is 261 g/mol. The number of nitrogen functional groups attached to an aromatic ring is 1. The second-order valence-corrected chi connectivity index (χ2v) is 5.80. The lowest BCUT2D eigenvalue weighted by Gasteiger charge is -2.34. The van der Waals surface area contributed by atoms with Crippen molar-refractivity contribution in [1.82, 2.24) is 9.80 Å². The molecule has 0 saturated carbocycles. The quantitative estimate of drug-likeness (QED) is 0.823. The van der Waals surface area contributed by atoms with E-state index in [9.17, 15) is 0 Å². The Morgan fingerprint density at radius 2 is 1.79 bits per heavy atom. The van der Waals surface area contributed by atoms with Gasteiger partial charge in [-0.1, -0.05) is 0 Å². The number of benzene rings is 1. The highest BCUT2D eigenvalue weighted by Crippen LogP contribution is 2.34. The molecule has 0 aromatic heterocycles. The molecule has 0 radical (unpaired) electrons. The summed E-state index contributed by atoms with van der Waals surface area (Å²) < 4.78 is 5.31. The van der Waals surface area contributed by atoms with E-state index in [-0.39, 0.29) is 0 Å². The third-order valence-electron chi connectivity index (χ3n) is 4.50. The largest absolute Gasteiger partial charge is 0.495 e. The lowest BCUT2D eigenvalue weighted by atomic mass is 10.0. The van der Waals surface area contributed by atoms with E-state index >= 15 is 0 Å². The summed E-state index contributed by atoms with van der Waals surface area (Å²) in [6.45, 7) is 4.50. The molecular formula is C15H23N3O. The highest BCUT2D eigenvalue weighted by molar-refractivity contribution is 5.57. The smallest absolute Gasteiger partial charge is 0.142 e. The average Bonchev–Trinajstić information content (AvgIpc) is 2.81. The summed E-state index contributed by atoms with van der Waals surface area (Å²) in [5.41, 5.74) is 9.50. The van der Waals surface area contributed by atoms with E-state index < -0.39 is 0 Å². The van der Waals surface area contributed by atoms with Crippen molar-refractivity contribution in [3.05, 3.63) is 23.3 Å². The van der Waals surface area contributed by atoms with Crippen molar-refractivity contribution in [2.45, 2.75) is 32.0 Å². The van der Waals surface area contributed by atoms with Crippen LogP contribution in [0, 0.1) is 0 Å². The molecule has 2 aliphatic heterocycles. The van der Waals surface area contributed by atoms with Gasteiger partial charge >= 0.3 is 0 Å². The van der Waals surface area contributed by atoms with Gasteiger partial charge in [-0.3, -0.25) is 4.90 Å². The first-order valence-corrected chi connectivity index (χ1v) is 7.05. The van der Waals surface area contributed by atoms with E-state index in [0.29, 0.717) is 0 Å². The third kappa shape index (κ3) is 2.42. The number of piperidine rings is 1. The molecule has 4 nitrogen and oxygen atoms in total. The predicted octanol–water partition coefficient (Wildman–Crippen LogP) is 1.69. The topological polar surface area (TPSA) is 41.7 Å². The molecule has 3 rings (SSSR count). The van der Waals surface area contributed by atoms with Crippen LogP contribution in [0.5, 0.6) is 5.75 Å². The predicted molar refractivity (Wildman–Crippen MR) is 77.2 cm³/mol. The minimum Gasteiger partial charge on any atom is -0.495 e. The first kappa shape index (κ1) is 12.8.